The van der Waals surface area contributed by atoms with Crippen LogP contribution in [0.1, 0.15) is 11.6 Å². The molecule has 0 atom stereocenters. The number of nitrogens with zero attached hydrogens (tertiary/aromatic N) is 10. The summed E-state index contributed by atoms with van der Waals surface area (Å²) in [5.74, 6) is 4.16. The van der Waals surface area contributed by atoms with E-state index in [1.54, 1.807) is 17.1 Å². The third kappa shape index (κ3) is 2.82. The average molecular weight is 376 g/mol. The SMILES string of the molecule is Cc1nc(N2CCN(c3nccn4c(C)nnc34)CC2)cc(-n2cccn2)n1. The predicted molar refractivity (Wildman–Crippen MR) is 104 cm³/mol. The lowest BCUT2D eigenvalue weighted by atomic mass is 10.3. The van der Waals surface area contributed by atoms with Crippen LogP contribution in [0.25, 0.3) is 11.5 Å². The minimum atomic E-state index is 0.732. The van der Waals surface area contributed by atoms with E-state index in [9.17, 15) is 0 Å². The molecule has 10 heteroatoms. The van der Waals surface area contributed by atoms with Gasteiger partial charge in [-0.25, -0.2) is 19.6 Å². The van der Waals surface area contributed by atoms with E-state index in [-0.39, 0.29) is 0 Å². The highest BCUT2D eigenvalue weighted by Crippen LogP contribution is 2.22. The molecule has 0 N–H and O–H groups in total. The van der Waals surface area contributed by atoms with Gasteiger partial charge in [0.2, 0.25) is 5.65 Å². The molecule has 5 rings (SSSR count). The van der Waals surface area contributed by atoms with Crippen LogP contribution >= 0.6 is 0 Å². The van der Waals surface area contributed by atoms with Gasteiger partial charge in [-0.2, -0.15) is 5.10 Å². The summed E-state index contributed by atoms with van der Waals surface area (Å²) in [5.41, 5.74) is 0.798. The summed E-state index contributed by atoms with van der Waals surface area (Å²) in [6.07, 6.45) is 7.33. The molecule has 5 heterocycles. The molecule has 0 spiro atoms. The number of rotatable bonds is 3. The second-order valence-corrected chi connectivity index (χ2v) is 6.75. The van der Waals surface area contributed by atoms with Crippen LogP contribution in [0, 0.1) is 13.8 Å². The lowest BCUT2D eigenvalue weighted by molar-refractivity contribution is 0.639. The molecule has 0 radical (unpaired) electrons. The lowest BCUT2D eigenvalue weighted by Gasteiger charge is -2.36. The van der Waals surface area contributed by atoms with Crippen LogP contribution in [0.2, 0.25) is 0 Å². The van der Waals surface area contributed by atoms with Crippen LogP contribution in [-0.4, -0.2) is 65.5 Å². The standard InChI is InChI=1S/C18H20N10/c1-13-21-15(12-16(22-13)28-6-3-4-20-28)25-8-10-26(11-9-25)17-18-24-23-14(2)27(18)7-5-19-17/h3-7,12H,8-11H2,1-2H3. The molecule has 1 aliphatic heterocycles. The van der Waals surface area contributed by atoms with Crippen molar-refractivity contribution in [1.29, 1.82) is 0 Å². The minimum Gasteiger partial charge on any atom is -0.353 e. The van der Waals surface area contributed by atoms with Crippen molar-refractivity contribution in [2.45, 2.75) is 13.8 Å². The monoisotopic (exact) mass is 376 g/mol. The third-order valence-corrected chi connectivity index (χ3v) is 4.93. The van der Waals surface area contributed by atoms with E-state index in [1.165, 1.54) is 0 Å². The van der Waals surface area contributed by atoms with Gasteiger partial charge in [0.1, 0.15) is 17.5 Å². The Balaban J connectivity index is 1.37. The normalized spacial score (nSPS) is 14.8. The fourth-order valence-electron chi connectivity index (χ4n) is 3.52. The molecule has 0 aliphatic carbocycles. The number of piperazine rings is 1. The minimum absolute atomic E-state index is 0.732. The number of fused-ring (bicyclic) bond motifs is 1. The first-order valence-electron chi connectivity index (χ1n) is 9.21. The topological polar surface area (TPSA) is 93.2 Å². The van der Waals surface area contributed by atoms with Gasteiger partial charge >= 0.3 is 0 Å². The van der Waals surface area contributed by atoms with Crippen molar-refractivity contribution in [2.75, 3.05) is 36.0 Å². The number of anilines is 2. The van der Waals surface area contributed by atoms with Gasteiger partial charge in [0.15, 0.2) is 11.6 Å². The first kappa shape index (κ1) is 16.6. The fraction of sp³-hybridized carbons (Fsp3) is 0.333. The van der Waals surface area contributed by atoms with E-state index in [0.29, 0.717) is 0 Å². The molecule has 0 aromatic carbocycles. The van der Waals surface area contributed by atoms with Crippen molar-refractivity contribution in [3.05, 3.63) is 48.6 Å². The number of aryl methyl sites for hydroxylation is 2. The number of hydrogen-bond donors (Lipinski definition) is 0. The van der Waals surface area contributed by atoms with E-state index in [2.05, 4.69) is 40.0 Å². The Morgan fingerprint density at radius 1 is 0.857 bits per heavy atom. The molecule has 1 saturated heterocycles. The molecular formula is C18H20N10. The molecule has 0 amide bonds. The molecule has 0 bridgehead atoms. The van der Waals surface area contributed by atoms with E-state index in [0.717, 1.165) is 60.9 Å². The summed E-state index contributed by atoms with van der Waals surface area (Å²) in [5, 5.41) is 12.7. The van der Waals surface area contributed by atoms with Crippen LogP contribution in [0.15, 0.2) is 36.9 Å². The highest BCUT2D eigenvalue weighted by atomic mass is 15.3. The summed E-state index contributed by atoms with van der Waals surface area (Å²) in [6, 6.07) is 3.87. The van der Waals surface area contributed by atoms with Gasteiger partial charge in [-0.15, -0.1) is 10.2 Å². The molecule has 4 aromatic rings. The molecule has 0 unspecified atom stereocenters. The van der Waals surface area contributed by atoms with Crippen molar-refractivity contribution >= 4 is 17.3 Å². The summed E-state index contributed by atoms with van der Waals surface area (Å²) >= 11 is 0. The highest BCUT2D eigenvalue weighted by molar-refractivity contribution is 5.64. The van der Waals surface area contributed by atoms with Gasteiger partial charge < -0.3 is 9.80 Å². The van der Waals surface area contributed by atoms with Crippen LogP contribution in [0.4, 0.5) is 11.6 Å². The van der Waals surface area contributed by atoms with Gasteiger partial charge in [-0.05, 0) is 19.9 Å². The van der Waals surface area contributed by atoms with Crippen LogP contribution < -0.4 is 9.80 Å². The molecule has 10 nitrogen and oxygen atoms in total. The van der Waals surface area contributed by atoms with Gasteiger partial charge in [0.25, 0.3) is 0 Å². The average Bonchev–Trinajstić information content (AvgIpc) is 3.38. The smallest absolute Gasteiger partial charge is 0.203 e. The maximum atomic E-state index is 4.63. The Bertz CT molecular complexity index is 1110. The fourth-order valence-corrected chi connectivity index (χ4v) is 3.52. The molecule has 28 heavy (non-hydrogen) atoms. The summed E-state index contributed by atoms with van der Waals surface area (Å²) in [4.78, 5) is 18.2. The van der Waals surface area contributed by atoms with Crippen molar-refractivity contribution in [1.82, 2.24) is 39.3 Å². The van der Waals surface area contributed by atoms with Crippen LogP contribution in [0.5, 0.6) is 0 Å². The molecule has 1 fully saturated rings. The summed E-state index contributed by atoms with van der Waals surface area (Å²) in [7, 11) is 0. The maximum Gasteiger partial charge on any atom is 0.203 e. The molecule has 4 aromatic heterocycles. The maximum absolute atomic E-state index is 4.63. The van der Waals surface area contributed by atoms with E-state index >= 15 is 0 Å². The largest absolute Gasteiger partial charge is 0.353 e. The quantitative estimate of drug-likeness (QED) is 0.524. The van der Waals surface area contributed by atoms with Crippen molar-refractivity contribution in [3.8, 4) is 5.82 Å². The predicted octanol–water partition coefficient (Wildman–Crippen LogP) is 1.04. The highest BCUT2D eigenvalue weighted by Gasteiger charge is 2.22. The number of aromatic nitrogens is 8. The van der Waals surface area contributed by atoms with Gasteiger partial charge in [0.05, 0.1) is 0 Å². The van der Waals surface area contributed by atoms with E-state index < -0.39 is 0 Å². The van der Waals surface area contributed by atoms with Gasteiger partial charge in [-0.1, -0.05) is 0 Å². The second-order valence-electron chi connectivity index (χ2n) is 6.75. The summed E-state index contributed by atoms with van der Waals surface area (Å²) < 4.78 is 3.73. The third-order valence-electron chi connectivity index (χ3n) is 4.93. The first-order chi connectivity index (χ1) is 13.7. The molecule has 1 aliphatic rings. The van der Waals surface area contributed by atoms with E-state index in [4.69, 9.17) is 0 Å². The van der Waals surface area contributed by atoms with E-state index in [1.807, 2.05) is 42.8 Å². The Morgan fingerprint density at radius 2 is 1.64 bits per heavy atom. The van der Waals surface area contributed by atoms with Crippen molar-refractivity contribution in [3.63, 3.8) is 0 Å². The van der Waals surface area contributed by atoms with Gasteiger partial charge in [0, 0.05) is 57.0 Å². The second kappa shape index (κ2) is 6.55. The summed E-state index contributed by atoms with van der Waals surface area (Å²) in [6.45, 7) is 7.19. The van der Waals surface area contributed by atoms with Crippen molar-refractivity contribution in [2.24, 2.45) is 0 Å². The Morgan fingerprint density at radius 3 is 2.43 bits per heavy atom. The van der Waals surface area contributed by atoms with Crippen LogP contribution in [-0.2, 0) is 0 Å². The zero-order valence-electron chi connectivity index (χ0n) is 15.8. The zero-order chi connectivity index (χ0) is 19.1. The van der Waals surface area contributed by atoms with Gasteiger partial charge in [-0.3, -0.25) is 4.40 Å². The Kier molecular flexibility index (Phi) is 3.89. The Hall–Kier alpha value is -3.56. The van der Waals surface area contributed by atoms with Crippen molar-refractivity contribution < 1.29 is 0 Å². The first-order valence-corrected chi connectivity index (χ1v) is 9.21. The molecule has 0 saturated carbocycles. The molecular weight excluding hydrogens is 356 g/mol. The molecule has 142 valence electrons. The Labute approximate surface area is 161 Å². The van der Waals surface area contributed by atoms with Crippen LogP contribution in [0.3, 0.4) is 0 Å². The zero-order valence-corrected chi connectivity index (χ0v) is 15.8. The number of hydrogen-bond acceptors (Lipinski definition) is 8. The lowest BCUT2D eigenvalue weighted by Crippen LogP contribution is -2.47.